The third-order valence-electron chi connectivity index (χ3n) is 1.56. The predicted molar refractivity (Wildman–Crippen MR) is 43.6 cm³/mol. The van der Waals surface area contributed by atoms with Crippen LogP contribution >= 0.6 is 0 Å². The summed E-state index contributed by atoms with van der Waals surface area (Å²) in [6.45, 7) is 7.02. The van der Waals surface area contributed by atoms with Crippen LogP contribution in [0.15, 0.2) is 0 Å². The SMILES string of the molecule is CCOC(C)C(C)OCCO. The Kier molecular flexibility index (Phi) is 6.51. The fourth-order valence-electron chi connectivity index (χ4n) is 0.773. The van der Waals surface area contributed by atoms with Gasteiger partial charge in [-0.3, -0.25) is 0 Å². The van der Waals surface area contributed by atoms with Gasteiger partial charge in [0.1, 0.15) is 0 Å². The molecule has 0 saturated carbocycles. The Hall–Kier alpha value is -0.120. The number of hydrogen-bond donors (Lipinski definition) is 1. The molecule has 3 heteroatoms. The highest BCUT2D eigenvalue weighted by atomic mass is 16.5. The van der Waals surface area contributed by atoms with E-state index in [9.17, 15) is 0 Å². The van der Waals surface area contributed by atoms with Crippen LogP contribution in [0.25, 0.3) is 0 Å². The van der Waals surface area contributed by atoms with E-state index >= 15 is 0 Å². The summed E-state index contributed by atoms with van der Waals surface area (Å²) >= 11 is 0. The lowest BCUT2D eigenvalue weighted by atomic mass is 10.2. The second-order valence-electron chi connectivity index (χ2n) is 2.46. The minimum Gasteiger partial charge on any atom is -0.394 e. The zero-order valence-electron chi connectivity index (χ0n) is 7.54. The van der Waals surface area contributed by atoms with Crippen LogP contribution < -0.4 is 0 Å². The molecule has 0 amide bonds. The summed E-state index contributed by atoms with van der Waals surface area (Å²) in [4.78, 5) is 0. The van der Waals surface area contributed by atoms with Crippen LogP contribution in [0.2, 0.25) is 0 Å². The molecule has 0 saturated heterocycles. The molecule has 68 valence electrons. The zero-order valence-corrected chi connectivity index (χ0v) is 7.54. The lowest BCUT2D eigenvalue weighted by molar-refractivity contribution is -0.0599. The van der Waals surface area contributed by atoms with Crippen molar-refractivity contribution in [3.63, 3.8) is 0 Å². The van der Waals surface area contributed by atoms with Gasteiger partial charge in [-0.1, -0.05) is 0 Å². The highest BCUT2D eigenvalue weighted by Crippen LogP contribution is 2.01. The summed E-state index contributed by atoms with van der Waals surface area (Å²) < 4.78 is 10.5. The predicted octanol–water partition coefficient (Wildman–Crippen LogP) is 0.809. The maximum absolute atomic E-state index is 8.46. The largest absolute Gasteiger partial charge is 0.394 e. The molecule has 1 N–H and O–H groups in total. The van der Waals surface area contributed by atoms with E-state index in [2.05, 4.69) is 0 Å². The van der Waals surface area contributed by atoms with Crippen LogP contribution in [0.5, 0.6) is 0 Å². The molecule has 3 nitrogen and oxygen atoms in total. The van der Waals surface area contributed by atoms with Gasteiger partial charge in [-0.25, -0.2) is 0 Å². The Balaban J connectivity index is 3.38. The maximum Gasteiger partial charge on any atom is 0.0807 e. The lowest BCUT2D eigenvalue weighted by Crippen LogP contribution is -2.27. The van der Waals surface area contributed by atoms with Gasteiger partial charge in [0.15, 0.2) is 0 Å². The average Bonchev–Trinajstić information content (AvgIpc) is 2.00. The molecule has 0 fully saturated rings. The lowest BCUT2D eigenvalue weighted by Gasteiger charge is -2.19. The molecule has 0 heterocycles. The van der Waals surface area contributed by atoms with Gasteiger partial charge in [0.2, 0.25) is 0 Å². The first kappa shape index (κ1) is 10.9. The first-order valence-corrected chi connectivity index (χ1v) is 4.06. The van der Waals surface area contributed by atoms with E-state index in [4.69, 9.17) is 14.6 Å². The van der Waals surface area contributed by atoms with Gasteiger partial charge in [0.05, 0.1) is 25.4 Å². The van der Waals surface area contributed by atoms with Crippen molar-refractivity contribution in [3.8, 4) is 0 Å². The molecule has 11 heavy (non-hydrogen) atoms. The molecule has 0 bridgehead atoms. The van der Waals surface area contributed by atoms with Crippen LogP contribution in [-0.4, -0.2) is 37.1 Å². The Labute approximate surface area is 68.3 Å². The van der Waals surface area contributed by atoms with Crippen LogP contribution in [0, 0.1) is 0 Å². The summed E-state index contributed by atoms with van der Waals surface area (Å²) in [7, 11) is 0. The molecule has 0 aliphatic rings. The first-order valence-electron chi connectivity index (χ1n) is 4.06. The van der Waals surface area contributed by atoms with Crippen LogP contribution in [0.4, 0.5) is 0 Å². The number of rotatable bonds is 6. The van der Waals surface area contributed by atoms with Gasteiger partial charge in [-0.15, -0.1) is 0 Å². The van der Waals surface area contributed by atoms with E-state index in [1.165, 1.54) is 0 Å². The fraction of sp³-hybridized carbons (Fsp3) is 1.00. The summed E-state index contributed by atoms with van der Waals surface area (Å²) in [6, 6.07) is 0. The number of ether oxygens (including phenoxy) is 2. The van der Waals surface area contributed by atoms with Crippen molar-refractivity contribution >= 4 is 0 Å². The molecule has 0 aromatic carbocycles. The van der Waals surface area contributed by atoms with Gasteiger partial charge in [-0.2, -0.15) is 0 Å². The van der Waals surface area contributed by atoms with Crippen molar-refractivity contribution in [1.82, 2.24) is 0 Å². The third-order valence-corrected chi connectivity index (χ3v) is 1.56. The maximum atomic E-state index is 8.46. The Morgan fingerprint density at radius 2 is 1.73 bits per heavy atom. The molecule has 0 rings (SSSR count). The number of aliphatic hydroxyl groups is 1. The van der Waals surface area contributed by atoms with E-state index in [1.54, 1.807) is 0 Å². The molecule has 0 spiro atoms. The molecular weight excluding hydrogens is 144 g/mol. The summed E-state index contributed by atoms with van der Waals surface area (Å²) in [5, 5.41) is 8.46. The topological polar surface area (TPSA) is 38.7 Å². The normalized spacial score (nSPS) is 16.4. The first-order chi connectivity index (χ1) is 5.22. The molecule has 0 aliphatic heterocycles. The van der Waals surface area contributed by atoms with E-state index in [-0.39, 0.29) is 18.8 Å². The minimum atomic E-state index is 0.0575. The van der Waals surface area contributed by atoms with Crippen molar-refractivity contribution in [2.75, 3.05) is 19.8 Å². The molecule has 2 unspecified atom stereocenters. The van der Waals surface area contributed by atoms with Crippen molar-refractivity contribution in [3.05, 3.63) is 0 Å². The van der Waals surface area contributed by atoms with Gasteiger partial charge in [0.25, 0.3) is 0 Å². The highest BCUT2D eigenvalue weighted by molar-refractivity contribution is 4.59. The molecule has 0 aromatic rings. The molecule has 0 aromatic heterocycles. The van der Waals surface area contributed by atoms with Crippen LogP contribution in [0.1, 0.15) is 20.8 Å². The second kappa shape index (κ2) is 6.58. The number of hydrogen-bond acceptors (Lipinski definition) is 3. The van der Waals surface area contributed by atoms with E-state index in [1.807, 2.05) is 20.8 Å². The third kappa shape index (κ3) is 5.18. The van der Waals surface area contributed by atoms with Gasteiger partial charge in [-0.05, 0) is 20.8 Å². The standard InChI is InChI=1S/C8H18O3/c1-4-10-7(2)8(3)11-6-5-9/h7-9H,4-6H2,1-3H3. The monoisotopic (exact) mass is 162 g/mol. The average molecular weight is 162 g/mol. The van der Waals surface area contributed by atoms with E-state index in [0.29, 0.717) is 13.2 Å². The quantitative estimate of drug-likeness (QED) is 0.628. The fourth-order valence-corrected chi connectivity index (χ4v) is 0.773. The molecule has 2 atom stereocenters. The van der Waals surface area contributed by atoms with E-state index in [0.717, 1.165) is 0 Å². The van der Waals surface area contributed by atoms with Crippen molar-refractivity contribution in [1.29, 1.82) is 0 Å². The smallest absolute Gasteiger partial charge is 0.0807 e. The van der Waals surface area contributed by atoms with Gasteiger partial charge < -0.3 is 14.6 Å². The Morgan fingerprint density at radius 1 is 1.18 bits per heavy atom. The molecular formula is C8H18O3. The van der Waals surface area contributed by atoms with Gasteiger partial charge >= 0.3 is 0 Å². The van der Waals surface area contributed by atoms with Crippen molar-refractivity contribution in [2.45, 2.75) is 33.0 Å². The highest BCUT2D eigenvalue weighted by Gasteiger charge is 2.11. The minimum absolute atomic E-state index is 0.0575. The number of aliphatic hydroxyl groups excluding tert-OH is 1. The van der Waals surface area contributed by atoms with Crippen LogP contribution in [-0.2, 0) is 9.47 Å². The zero-order chi connectivity index (χ0) is 8.69. The summed E-state index contributed by atoms with van der Waals surface area (Å²) in [5.41, 5.74) is 0. The van der Waals surface area contributed by atoms with Gasteiger partial charge in [0, 0.05) is 6.61 Å². The van der Waals surface area contributed by atoms with E-state index < -0.39 is 0 Å². The molecule has 0 radical (unpaired) electrons. The Morgan fingerprint density at radius 3 is 2.18 bits per heavy atom. The summed E-state index contributed by atoms with van der Waals surface area (Å²) in [6.07, 6.45) is 0.161. The van der Waals surface area contributed by atoms with Crippen molar-refractivity contribution < 1.29 is 14.6 Å². The second-order valence-corrected chi connectivity index (χ2v) is 2.46. The van der Waals surface area contributed by atoms with Crippen LogP contribution in [0.3, 0.4) is 0 Å². The van der Waals surface area contributed by atoms with Crippen molar-refractivity contribution in [2.24, 2.45) is 0 Å². The Bertz CT molecular complexity index is 85.4. The molecule has 0 aliphatic carbocycles. The summed E-state index contributed by atoms with van der Waals surface area (Å²) in [5.74, 6) is 0.